The molecule has 29 heavy (non-hydrogen) atoms. The lowest BCUT2D eigenvalue weighted by molar-refractivity contribution is 0.0970. The predicted octanol–water partition coefficient (Wildman–Crippen LogP) is 2.79. The number of ketones is 1. The molecule has 7 nitrogen and oxygen atoms in total. The third-order valence-electron chi connectivity index (χ3n) is 5.06. The van der Waals surface area contributed by atoms with E-state index in [1.807, 2.05) is 0 Å². The van der Waals surface area contributed by atoms with Gasteiger partial charge in [-0.15, -0.1) is 0 Å². The minimum absolute atomic E-state index is 0.0534. The van der Waals surface area contributed by atoms with Crippen molar-refractivity contribution in [2.45, 2.75) is 30.7 Å². The van der Waals surface area contributed by atoms with E-state index in [0.717, 1.165) is 23.8 Å². The van der Waals surface area contributed by atoms with Crippen LogP contribution in [-0.4, -0.2) is 36.2 Å². The van der Waals surface area contributed by atoms with Crippen LogP contribution in [0.3, 0.4) is 0 Å². The zero-order valence-electron chi connectivity index (χ0n) is 15.5. The van der Waals surface area contributed by atoms with Crippen molar-refractivity contribution in [2.75, 3.05) is 13.1 Å². The largest absolute Gasteiger partial charge is 0.420 e. The van der Waals surface area contributed by atoms with Gasteiger partial charge in [0.15, 0.2) is 11.4 Å². The van der Waals surface area contributed by atoms with Crippen molar-refractivity contribution >= 4 is 26.9 Å². The van der Waals surface area contributed by atoms with E-state index in [4.69, 9.17) is 4.42 Å². The van der Waals surface area contributed by atoms with Gasteiger partial charge in [-0.05, 0) is 49.2 Å². The van der Waals surface area contributed by atoms with Crippen LogP contribution in [0.15, 0.2) is 56.6 Å². The topological polar surface area (TPSA) is 89.6 Å². The Morgan fingerprint density at radius 3 is 2.41 bits per heavy atom. The normalized spacial score (nSPS) is 15.6. The van der Waals surface area contributed by atoms with Gasteiger partial charge in [0.2, 0.25) is 10.0 Å². The van der Waals surface area contributed by atoms with Crippen LogP contribution in [0.5, 0.6) is 0 Å². The Kier molecular flexibility index (Phi) is 5.10. The molecule has 0 N–H and O–H groups in total. The first-order valence-corrected chi connectivity index (χ1v) is 10.7. The van der Waals surface area contributed by atoms with E-state index < -0.39 is 21.6 Å². The molecule has 2 aromatic carbocycles. The van der Waals surface area contributed by atoms with Crippen molar-refractivity contribution in [3.8, 4) is 0 Å². The number of sulfonamides is 1. The van der Waals surface area contributed by atoms with Gasteiger partial charge in [-0.1, -0.05) is 6.42 Å². The van der Waals surface area contributed by atoms with E-state index in [1.54, 1.807) is 0 Å². The Labute approximate surface area is 166 Å². The smallest absolute Gasteiger partial charge is 0.408 e. The summed E-state index contributed by atoms with van der Waals surface area (Å²) >= 11 is 0. The second-order valence-electron chi connectivity index (χ2n) is 6.98. The van der Waals surface area contributed by atoms with Crippen LogP contribution in [0.4, 0.5) is 4.39 Å². The number of hydrogen-bond donors (Lipinski definition) is 0. The SMILES string of the molecule is O=C(Cn1c(=O)oc2cc(S(=O)(=O)N3CCCCC3)ccc21)c1ccc(F)cc1. The Morgan fingerprint density at radius 1 is 1.03 bits per heavy atom. The van der Waals surface area contributed by atoms with Gasteiger partial charge in [-0.3, -0.25) is 9.36 Å². The van der Waals surface area contributed by atoms with Gasteiger partial charge in [-0.2, -0.15) is 4.31 Å². The first-order valence-electron chi connectivity index (χ1n) is 9.28. The number of carbonyl (C=O) groups excluding carboxylic acids is 1. The number of fused-ring (bicyclic) bond motifs is 1. The minimum Gasteiger partial charge on any atom is -0.408 e. The van der Waals surface area contributed by atoms with Gasteiger partial charge in [0.25, 0.3) is 0 Å². The molecule has 0 amide bonds. The molecule has 1 aliphatic heterocycles. The molecule has 3 aromatic rings. The minimum atomic E-state index is -3.67. The lowest BCUT2D eigenvalue weighted by Crippen LogP contribution is -2.35. The zero-order valence-corrected chi connectivity index (χ0v) is 16.3. The number of aromatic nitrogens is 1. The summed E-state index contributed by atoms with van der Waals surface area (Å²) in [6.45, 7) is 0.644. The van der Waals surface area contributed by atoms with Crippen LogP contribution in [0, 0.1) is 5.82 Å². The molecule has 4 rings (SSSR count). The molecular weight excluding hydrogens is 399 g/mol. The van der Waals surface area contributed by atoms with Gasteiger partial charge >= 0.3 is 5.76 Å². The fourth-order valence-electron chi connectivity index (χ4n) is 3.48. The molecule has 0 spiro atoms. The van der Waals surface area contributed by atoms with Crippen molar-refractivity contribution < 1.29 is 22.0 Å². The van der Waals surface area contributed by atoms with Crippen molar-refractivity contribution in [3.05, 3.63) is 64.4 Å². The summed E-state index contributed by atoms with van der Waals surface area (Å²) in [5.41, 5.74) is 0.681. The molecule has 0 saturated carbocycles. The average molecular weight is 418 g/mol. The number of oxazole rings is 1. The Bertz CT molecular complexity index is 1220. The first kappa shape index (κ1) is 19.5. The second kappa shape index (κ2) is 7.57. The molecule has 0 radical (unpaired) electrons. The molecule has 1 saturated heterocycles. The van der Waals surface area contributed by atoms with Crippen LogP contribution in [0.25, 0.3) is 11.1 Å². The number of nitrogens with zero attached hydrogens (tertiary/aromatic N) is 2. The van der Waals surface area contributed by atoms with Crippen LogP contribution in [0.1, 0.15) is 29.6 Å². The summed E-state index contributed by atoms with van der Waals surface area (Å²) in [7, 11) is -3.67. The van der Waals surface area contributed by atoms with E-state index in [0.29, 0.717) is 18.6 Å². The highest BCUT2D eigenvalue weighted by molar-refractivity contribution is 7.89. The van der Waals surface area contributed by atoms with Gasteiger partial charge < -0.3 is 4.42 Å². The lowest BCUT2D eigenvalue weighted by Gasteiger charge is -2.25. The fourth-order valence-corrected chi connectivity index (χ4v) is 5.01. The van der Waals surface area contributed by atoms with Gasteiger partial charge in [0.05, 0.1) is 17.0 Å². The van der Waals surface area contributed by atoms with Crippen molar-refractivity contribution in [1.29, 1.82) is 0 Å². The zero-order chi connectivity index (χ0) is 20.6. The molecule has 0 bridgehead atoms. The fraction of sp³-hybridized carbons (Fsp3) is 0.300. The summed E-state index contributed by atoms with van der Waals surface area (Å²) in [5, 5.41) is 0. The van der Waals surface area contributed by atoms with E-state index in [-0.39, 0.29) is 28.4 Å². The molecule has 9 heteroatoms. The van der Waals surface area contributed by atoms with Crippen LogP contribution in [0.2, 0.25) is 0 Å². The Morgan fingerprint density at radius 2 is 1.72 bits per heavy atom. The summed E-state index contributed by atoms with van der Waals surface area (Å²) < 4.78 is 46.5. The molecule has 0 unspecified atom stereocenters. The summed E-state index contributed by atoms with van der Waals surface area (Å²) in [4.78, 5) is 24.7. The van der Waals surface area contributed by atoms with Crippen LogP contribution >= 0.6 is 0 Å². The Hall–Kier alpha value is -2.78. The van der Waals surface area contributed by atoms with Gasteiger partial charge in [-0.25, -0.2) is 17.6 Å². The number of rotatable bonds is 5. The lowest BCUT2D eigenvalue weighted by atomic mass is 10.1. The predicted molar refractivity (Wildman–Crippen MR) is 104 cm³/mol. The number of hydrogen-bond acceptors (Lipinski definition) is 5. The molecule has 152 valence electrons. The van der Waals surface area contributed by atoms with Gasteiger partial charge in [0, 0.05) is 24.7 Å². The van der Waals surface area contributed by atoms with Crippen molar-refractivity contribution in [3.63, 3.8) is 0 Å². The highest BCUT2D eigenvalue weighted by Crippen LogP contribution is 2.24. The number of piperidine rings is 1. The second-order valence-corrected chi connectivity index (χ2v) is 8.92. The standard InChI is InChI=1S/C20H19FN2O5S/c21-15-6-4-14(5-7-15)18(24)13-23-17-9-8-16(12-19(17)28-20(23)25)29(26,27)22-10-2-1-3-11-22/h4-9,12H,1-3,10-11,13H2. The molecule has 1 aromatic heterocycles. The van der Waals surface area contributed by atoms with E-state index in [1.165, 1.54) is 46.8 Å². The third-order valence-corrected chi connectivity index (χ3v) is 6.96. The maximum absolute atomic E-state index is 13.0. The number of Topliss-reactive ketones (excluding diaryl/α,β-unsaturated/α-hetero) is 1. The highest BCUT2D eigenvalue weighted by atomic mass is 32.2. The van der Waals surface area contributed by atoms with E-state index in [9.17, 15) is 22.4 Å². The summed E-state index contributed by atoms with van der Waals surface area (Å²) in [6.07, 6.45) is 2.64. The van der Waals surface area contributed by atoms with Crippen molar-refractivity contribution in [1.82, 2.24) is 8.87 Å². The third kappa shape index (κ3) is 3.75. The number of benzene rings is 2. The number of carbonyl (C=O) groups is 1. The molecule has 1 fully saturated rings. The number of halogens is 1. The van der Waals surface area contributed by atoms with E-state index >= 15 is 0 Å². The molecule has 2 heterocycles. The summed E-state index contributed by atoms with van der Waals surface area (Å²) in [5.74, 6) is -1.61. The average Bonchev–Trinajstić information content (AvgIpc) is 3.03. The Balaban J connectivity index is 1.65. The van der Waals surface area contributed by atoms with E-state index in [2.05, 4.69) is 0 Å². The monoisotopic (exact) mass is 418 g/mol. The molecule has 1 aliphatic rings. The molecule has 0 aliphatic carbocycles. The maximum Gasteiger partial charge on any atom is 0.420 e. The molecule has 0 atom stereocenters. The maximum atomic E-state index is 13.0. The quantitative estimate of drug-likeness (QED) is 0.595. The molecular formula is C20H19FN2O5S. The first-order chi connectivity index (χ1) is 13.9. The van der Waals surface area contributed by atoms with Crippen molar-refractivity contribution in [2.24, 2.45) is 0 Å². The van der Waals surface area contributed by atoms with Gasteiger partial charge in [0.1, 0.15) is 5.82 Å². The van der Waals surface area contributed by atoms with Crippen LogP contribution < -0.4 is 5.76 Å². The summed E-state index contributed by atoms with van der Waals surface area (Å²) in [6, 6.07) is 9.22. The van der Waals surface area contributed by atoms with Crippen LogP contribution in [-0.2, 0) is 16.6 Å². The highest BCUT2D eigenvalue weighted by Gasteiger charge is 2.27.